The predicted octanol–water partition coefficient (Wildman–Crippen LogP) is 3.86. The van der Waals surface area contributed by atoms with E-state index >= 15 is 0 Å². The maximum atomic E-state index is 12.6. The Hall–Kier alpha value is -0.870. The monoisotopic (exact) mass is 378 g/mol. The normalized spacial score (nSPS) is 23.5. The molecule has 23 heavy (non-hydrogen) atoms. The van der Waals surface area contributed by atoms with Crippen LogP contribution >= 0.6 is 15.9 Å². The van der Waals surface area contributed by atoms with Crippen molar-refractivity contribution in [3.8, 4) is 0 Å². The molecule has 1 aromatic rings. The van der Waals surface area contributed by atoms with Crippen LogP contribution in [0.2, 0.25) is 0 Å². The number of likely N-dealkylation sites (tertiary alicyclic amines) is 1. The lowest BCUT2D eigenvalue weighted by atomic mass is 9.95. The Morgan fingerprint density at radius 3 is 2.70 bits per heavy atom. The number of amides is 1. The molecular formula is C19H27BrN2O. The van der Waals surface area contributed by atoms with Crippen LogP contribution in [0, 0.1) is 0 Å². The van der Waals surface area contributed by atoms with Crippen molar-refractivity contribution in [2.75, 3.05) is 19.6 Å². The molecule has 0 spiro atoms. The minimum Gasteiger partial charge on any atom is -0.355 e. The molecule has 1 atom stereocenters. The van der Waals surface area contributed by atoms with Gasteiger partial charge in [-0.15, -0.1) is 0 Å². The first-order valence-electron chi connectivity index (χ1n) is 8.90. The van der Waals surface area contributed by atoms with Crippen molar-refractivity contribution in [2.24, 2.45) is 0 Å². The van der Waals surface area contributed by atoms with E-state index in [-0.39, 0.29) is 11.3 Å². The molecule has 1 amide bonds. The molecule has 0 aromatic heterocycles. The predicted molar refractivity (Wildman–Crippen MR) is 97.6 cm³/mol. The van der Waals surface area contributed by atoms with Gasteiger partial charge in [0, 0.05) is 23.6 Å². The largest absolute Gasteiger partial charge is 0.355 e. The second-order valence-electron chi connectivity index (χ2n) is 7.08. The molecule has 4 heteroatoms. The van der Waals surface area contributed by atoms with Gasteiger partial charge in [0.2, 0.25) is 5.91 Å². The number of benzene rings is 1. The first kappa shape index (κ1) is 17.0. The van der Waals surface area contributed by atoms with Gasteiger partial charge in [0.15, 0.2) is 0 Å². The van der Waals surface area contributed by atoms with Crippen molar-refractivity contribution in [3.05, 3.63) is 34.3 Å². The summed E-state index contributed by atoms with van der Waals surface area (Å²) in [5.41, 5.74) is 0.905. The lowest BCUT2D eigenvalue weighted by molar-refractivity contribution is -0.123. The van der Waals surface area contributed by atoms with Crippen molar-refractivity contribution >= 4 is 21.8 Å². The van der Waals surface area contributed by atoms with Crippen LogP contribution in [0.15, 0.2) is 28.7 Å². The van der Waals surface area contributed by atoms with Gasteiger partial charge in [-0.2, -0.15) is 0 Å². The molecule has 2 aliphatic rings. The number of nitrogens with one attached hydrogen (secondary N) is 1. The van der Waals surface area contributed by atoms with E-state index in [0.717, 1.165) is 42.4 Å². The number of nitrogens with zero attached hydrogens (tertiary/aromatic N) is 1. The highest BCUT2D eigenvalue weighted by Crippen LogP contribution is 2.48. The van der Waals surface area contributed by atoms with Crippen LogP contribution in [0.25, 0.3) is 0 Å². The molecule has 126 valence electrons. The summed E-state index contributed by atoms with van der Waals surface area (Å²) < 4.78 is 1.06. The van der Waals surface area contributed by atoms with Gasteiger partial charge in [-0.3, -0.25) is 4.79 Å². The molecule has 2 fully saturated rings. The Morgan fingerprint density at radius 1 is 1.30 bits per heavy atom. The van der Waals surface area contributed by atoms with Crippen LogP contribution < -0.4 is 5.32 Å². The van der Waals surface area contributed by atoms with Crippen LogP contribution in [0.3, 0.4) is 0 Å². The fourth-order valence-corrected chi connectivity index (χ4v) is 3.95. The Labute approximate surface area is 148 Å². The molecule has 1 aromatic carbocycles. The van der Waals surface area contributed by atoms with Gasteiger partial charge in [-0.25, -0.2) is 0 Å². The minimum atomic E-state index is -0.251. The van der Waals surface area contributed by atoms with Gasteiger partial charge in [-0.05, 0) is 63.3 Å². The maximum Gasteiger partial charge on any atom is 0.230 e. The zero-order chi connectivity index (χ0) is 16.3. The SMILES string of the molecule is CC1CCCCN1CCCNC(=O)C1(c2ccc(Br)cc2)CC1. The van der Waals surface area contributed by atoms with Gasteiger partial charge < -0.3 is 10.2 Å². The molecule has 1 saturated carbocycles. The van der Waals surface area contributed by atoms with Gasteiger partial charge in [-0.1, -0.05) is 34.5 Å². The molecule has 3 rings (SSSR count). The third-order valence-electron chi connectivity index (χ3n) is 5.43. The molecule has 1 N–H and O–H groups in total. The second-order valence-corrected chi connectivity index (χ2v) is 7.99. The summed E-state index contributed by atoms with van der Waals surface area (Å²) in [6.07, 6.45) is 7.01. The number of halogens is 1. The molecule has 1 aliphatic heterocycles. The summed E-state index contributed by atoms with van der Waals surface area (Å²) in [6, 6.07) is 8.91. The lowest BCUT2D eigenvalue weighted by Crippen LogP contribution is -2.40. The second kappa shape index (κ2) is 7.35. The molecule has 0 bridgehead atoms. The van der Waals surface area contributed by atoms with Crippen LogP contribution in [-0.2, 0) is 10.2 Å². The Kier molecular flexibility index (Phi) is 5.42. The quantitative estimate of drug-likeness (QED) is 0.762. The Bertz CT molecular complexity index is 539. The van der Waals surface area contributed by atoms with E-state index in [2.05, 4.69) is 45.2 Å². The first-order chi connectivity index (χ1) is 11.1. The number of carbonyl (C=O) groups is 1. The fraction of sp³-hybridized carbons (Fsp3) is 0.632. The third-order valence-corrected chi connectivity index (χ3v) is 5.96. The first-order valence-corrected chi connectivity index (χ1v) is 9.69. The molecule has 1 unspecified atom stereocenters. The van der Waals surface area contributed by atoms with Crippen LogP contribution in [0.4, 0.5) is 0 Å². The smallest absolute Gasteiger partial charge is 0.230 e. The van der Waals surface area contributed by atoms with Gasteiger partial charge >= 0.3 is 0 Å². The van der Waals surface area contributed by atoms with E-state index in [1.807, 2.05) is 12.1 Å². The van der Waals surface area contributed by atoms with Crippen LogP contribution in [0.1, 0.15) is 51.0 Å². The summed E-state index contributed by atoms with van der Waals surface area (Å²) in [6.45, 7) is 5.44. The molecule has 1 heterocycles. The van der Waals surface area contributed by atoms with Crippen molar-refractivity contribution in [3.63, 3.8) is 0 Å². The zero-order valence-electron chi connectivity index (χ0n) is 14.0. The highest BCUT2D eigenvalue weighted by Gasteiger charge is 2.50. The summed E-state index contributed by atoms with van der Waals surface area (Å²) in [5.74, 6) is 0.214. The van der Waals surface area contributed by atoms with E-state index in [1.165, 1.54) is 25.8 Å². The van der Waals surface area contributed by atoms with E-state index < -0.39 is 0 Å². The fourth-order valence-electron chi connectivity index (χ4n) is 3.68. The summed E-state index contributed by atoms with van der Waals surface area (Å²) in [5, 5.41) is 3.18. The van der Waals surface area contributed by atoms with Gasteiger partial charge in [0.1, 0.15) is 0 Å². The van der Waals surface area contributed by atoms with Crippen molar-refractivity contribution in [1.29, 1.82) is 0 Å². The number of piperidine rings is 1. The number of rotatable bonds is 6. The highest BCUT2D eigenvalue weighted by atomic mass is 79.9. The molecule has 1 aliphatic carbocycles. The topological polar surface area (TPSA) is 32.3 Å². The number of carbonyl (C=O) groups excluding carboxylic acids is 1. The maximum absolute atomic E-state index is 12.6. The van der Waals surface area contributed by atoms with Crippen molar-refractivity contribution < 1.29 is 4.79 Å². The Balaban J connectivity index is 1.45. The van der Waals surface area contributed by atoms with Crippen molar-refractivity contribution in [2.45, 2.75) is 56.9 Å². The highest BCUT2D eigenvalue weighted by molar-refractivity contribution is 9.10. The van der Waals surface area contributed by atoms with E-state index in [0.29, 0.717) is 6.04 Å². The van der Waals surface area contributed by atoms with Crippen LogP contribution in [-0.4, -0.2) is 36.5 Å². The van der Waals surface area contributed by atoms with Gasteiger partial charge in [0.05, 0.1) is 5.41 Å². The van der Waals surface area contributed by atoms with Crippen LogP contribution in [0.5, 0.6) is 0 Å². The number of hydrogen-bond donors (Lipinski definition) is 1. The average Bonchev–Trinajstić information content (AvgIpc) is 3.35. The standard InChI is InChI=1S/C19H27BrN2O/c1-15-5-2-3-13-22(15)14-4-12-21-18(23)19(10-11-19)16-6-8-17(20)9-7-16/h6-9,15H,2-5,10-14H2,1H3,(H,21,23). The zero-order valence-corrected chi connectivity index (χ0v) is 15.6. The summed E-state index contributed by atoms with van der Waals surface area (Å²) in [7, 11) is 0. The lowest BCUT2D eigenvalue weighted by Gasteiger charge is -2.33. The van der Waals surface area contributed by atoms with E-state index in [9.17, 15) is 4.79 Å². The van der Waals surface area contributed by atoms with E-state index in [4.69, 9.17) is 0 Å². The molecule has 0 radical (unpaired) electrons. The average molecular weight is 379 g/mol. The Morgan fingerprint density at radius 2 is 2.04 bits per heavy atom. The molecule has 1 saturated heterocycles. The van der Waals surface area contributed by atoms with Crippen molar-refractivity contribution in [1.82, 2.24) is 10.2 Å². The summed E-state index contributed by atoms with van der Waals surface area (Å²) >= 11 is 3.46. The minimum absolute atomic E-state index is 0.214. The molecule has 3 nitrogen and oxygen atoms in total. The third kappa shape index (κ3) is 3.97. The molecular weight excluding hydrogens is 352 g/mol. The van der Waals surface area contributed by atoms with Gasteiger partial charge in [0.25, 0.3) is 0 Å². The number of hydrogen-bond acceptors (Lipinski definition) is 2. The van der Waals surface area contributed by atoms with E-state index in [1.54, 1.807) is 0 Å². The summed E-state index contributed by atoms with van der Waals surface area (Å²) in [4.78, 5) is 15.2.